The zero-order valence-corrected chi connectivity index (χ0v) is 16.5. The number of thiazole rings is 1. The lowest BCUT2D eigenvalue weighted by Crippen LogP contribution is -2.46. The monoisotopic (exact) mass is 373 g/mol. The highest BCUT2D eigenvalue weighted by Gasteiger charge is 2.50. The van der Waals surface area contributed by atoms with Crippen molar-refractivity contribution in [2.75, 3.05) is 0 Å². The normalized spacial score (nSPS) is 36.5. The van der Waals surface area contributed by atoms with Crippen molar-refractivity contribution >= 4 is 17.3 Å². The topological polar surface area (TPSA) is 50.2 Å². The second-order valence-electron chi connectivity index (χ2n) is 9.89. The highest BCUT2D eigenvalue weighted by Crippen LogP contribution is 2.61. The second kappa shape index (κ2) is 6.61. The first-order valence-corrected chi connectivity index (χ1v) is 11.6. The standard InChI is InChI=1S/C22H31NO2S/c24-21(25)19-18(23-20(26-19)17-4-2-1-3-5-17)6-7-22-11-14-8-15(12-22)10-16(9-14)13-22/h14-17H,1-13H2,(H,24,25). The van der Waals surface area contributed by atoms with Crippen molar-refractivity contribution in [3.05, 3.63) is 15.6 Å². The van der Waals surface area contributed by atoms with Crippen LogP contribution in [-0.2, 0) is 6.42 Å². The zero-order chi connectivity index (χ0) is 17.7. The van der Waals surface area contributed by atoms with Crippen LogP contribution >= 0.6 is 11.3 Å². The van der Waals surface area contributed by atoms with Crippen molar-refractivity contribution in [3.63, 3.8) is 0 Å². The molecule has 4 bridgehead atoms. The van der Waals surface area contributed by atoms with Crippen LogP contribution in [0.3, 0.4) is 0 Å². The summed E-state index contributed by atoms with van der Waals surface area (Å²) in [5.74, 6) is 2.65. The van der Waals surface area contributed by atoms with E-state index in [1.165, 1.54) is 88.4 Å². The zero-order valence-electron chi connectivity index (χ0n) is 15.7. The number of hydrogen-bond acceptors (Lipinski definition) is 3. The Morgan fingerprint density at radius 2 is 1.65 bits per heavy atom. The molecule has 1 N–H and O–H groups in total. The van der Waals surface area contributed by atoms with Gasteiger partial charge in [0.2, 0.25) is 0 Å². The highest BCUT2D eigenvalue weighted by molar-refractivity contribution is 7.13. The molecule has 0 aliphatic heterocycles. The third-order valence-electron chi connectivity index (χ3n) is 7.92. The molecule has 0 saturated heterocycles. The van der Waals surface area contributed by atoms with Gasteiger partial charge in [0.25, 0.3) is 0 Å². The number of aromatic carboxylic acids is 1. The molecular weight excluding hydrogens is 342 g/mol. The SMILES string of the molecule is O=C(O)c1sc(C2CCCCC2)nc1CCC12CC3CC(CC(C3)C1)C2. The molecule has 5 saturated carbocycles. The summed E-state index contributed by atoms with van der Waals surface area (Å²) in [5, 5.41) is 10.8. The average Bonchev–Trinajstić information content (AvgIpc) is 3.04. The summed E-state index contributed by atoms with van der Waals surface area (Å²) in [4.78, 5) is 17.3. The number of rotatable bonds is 5. The molecule has 142 valence electrons. The minimum atomic E-state index is -0.759. The van der Waals surface area contributed by atoms with E-state index in [0.29, 0.717) is 16.2 Å². The van der Waals surface area contributed by atoms with Crippen LogP contribution in [0.1, 0.15) is 103 Å². The number of nitrogens with zero attached hydrogens (tertiary/aromatic N) is 1. The lowest BCUT2D eigenvalue weighted by Gasteiger charge is -2.57. The molecule has 3 nitrogen and oxygen atoms in total. The van der Waals surface area contributed by atoms with E-state index in [0.717, 1.165) is 34.9 Å². The smallest absolute Gasteiger partial charge is 0.347 e. The summed E-state index contributed by atoms with van der Waals surface area (Å²) in [7, 11) is 0. The first-order chi connectivity index (χ1) is 12.6. The third kappa shape index (κ3) is 3.12. The molecule has 5 fully saturated rings. The summed E-state index contributed by atoms with van der Waals surface area (Å²) in [5.41, 5.74) is 1.41. The molecule has 5 aliphatic carbocycles. The molecule has 1 aromatic rings. The van der Waals surface area contributed by atoms with Gasteiger partial charge in [0.15, 0.2) is 0 Å². The summed E-state index contributed by atoms with van der Waals surface area (Å²) in [6.07, 6.45) is 17.0. The van der Waals surface area contributed by atoms with E-state index < -0.39 is 5.97 Å². The largest absolute Gasteiger partial charge is 0.477 e. The minimum Gasteiger partial charge on any atom is -0.477 e. The first kappa shape index (κ1) is 17.2. The van der Waals surface area contributed by atoms with Crippen molar-refractivity contribution in [2.45, 2.75) is 89.4 Å². The predicted octanol–water partition coefficient (Wildman–Crippen LogP) is 6.04. The van der Waals surface area contributed by atoms with E-state index in [1.54, 1.807) is 0 Å². The molecule has 4 heteroatoms. The van der Waals surface area contributed by atoms with Crippen LogP contribution in [0.25, 0.3) is 0 Å². The van der Waals surface area contributed by atoms with Crippen LogP contribution in [0.15, 0.2) is 0 Å². The molecule has 0 radical (unpaired) electrons. The maximum atomic E-state index is 11.8. The van der Waals surface area contributed by atoms with E-state index in [9.17, 15) is 9.90 Å². The van der Waals surface area contributed by atoms with E-state index in [-0.39, 0.29) is 0 Å². The summed E-state index contributed by atoms with van der Waals surface area (Å²) < 4.78 is 0. The van der Waals surface area contributed by atoms with Crippen LogP contribution in [0.2, 0.25) is 0 Å². The van der Waals surface area contributed by atoms with E-state index in [2.05, 4.69) is 0 Å². The van der Waals surface area contributed by atoms with Crippen molar-refractivity contribution in [2.24, 2.45) is 23.2 Å². The fourth-order valence-corrected chi connectivity index (χ4v) is 8.33. The van der Waals surface area contributed by atoms with Crippen molar-refractivity contribution in [3.8, 4) is 0 Å². The number of carboxylic acids is 1. The first-order valence-electron chi connectivity index (χ1n) is 10.8. The number of carbonyl (C=O) groups is 1. The molecule has 0 spiro atoms. The van der Waals surface area contributed by atoms with Gasteiger partial charge in [0.05, 0.1) is 10.7 Å². The van der Waals surface area contributed by atoms with Gasteiger partial charge in [0.1, 0.15) is 4.88 Å². The Kier molecular flexibility index (Phi) is 4.38. The third-order valence-corrected chi connectivity index (χ3v) is 9.17. The van der Waals surface area contributed by atoms with E-state index >= 15 is 0 Å². The van der Waals surface area contributed by atoms with Gasteiger partial charge in [-0.25, -0.2) is 9.78 Å². The molecule has 0 amide bonds. The van der Waals surface area contributed by atoms with Crippen LogP contribution in [-0.4, -0.2) is 16.1 Å². The number of carboxylic acid groups (broad SMARTS) is 1. The maximum absolute atomic E-state index is 11.8. The maximum Gasteiger partial charge on any atom is 0.347 e. The molecule has 6 rings (SSSR count). The highest BCUT2D eigenvalue weighted by atomic mass is 32.1. The summed E-state index contributed by atoms with van der Waals surface area (Å²) in [6, 6.07) is 0. The van der Waals surface area contributed by atoms with Crippen LogP contribution < -0.4 is 0 Å². The molecule has 0 aromatic carbocycles. The van der Waals surface area contributed by atoms with E-state index in [4.69, 9.17) is 4.98 Å². The molecule has 0 unspecified atom stereocenters. The second-order valence-corrected chi connectivity index (χ2v) is 10.9. The van der Waals surface area contributed by atoms with Crippen molar-refractivity contribution in [1.82, 2.24) is 4.98 Å². The quantitative estimate of drug-likeness (QED) is 0.684. The van der Waals surface area contributed by atoms with Gasteiger partial charge < -0.3 is 5.11 Å². The molecular formula is C22H31NO2S. The van der Waals surface area contributed by atoms with Crippen molar-refractivity contribution in [1.29, 1.82) is 0 Å². The summed E-state index contributed by atoms with van der Waals surface area (Å²) in [6.45, 7) is 0. The van der Waals surface area contributed by atoms with Crippen LogP contribution in [0.4, 0.5) is 0 Å². The van der Waals surface area contributed by atoms with Gasteiger partial charge >= 0.3 is 5.97 Å². The number of aromatic nitrogens is 1. The van der Waals surface area contributed by atoms with Crippen LogP contribution in [0, 0.1) is 23.2 Å². The van der Waals surface area contributed by atoms with Crippen LogP contribution in [0.5, 0.6) is 0 Å². The number of hydrogen-bond donors (Lipinski definition) is 1. The van der Waals surface area contributed by atoms with E-state index in [1.807, 2.05) is 0 Å². The number of aryl methyl sites for hydroxylation is 1. The van der Waals surface area contributed by atoms with Gasteiger partial charge in [-0.05, 0) is 87.4 Å². The van der Waals surface area contributed by atoms with Crippen molar-refractivity contribution < 1.29 is 9.90 Å². The fraction of sp³-hybridized carbons (Fsp3) is 0.818. The van der Waals surface area contributed by atoms with Gasteiger partial charge in [-0.3, -0.25) is 0 Å². The molecule has 26 heavy (non-hydrogen) atoms. The Balaban J connectivity index is 1.33. The molecule has 0 atom stereocenters. The fourth-order valence-electron chi connectivity index (χ4n) is 7.21. The molecule has 5 aliphatic rings. The van der Waals surface area contributed by atoms with Gasteiger partial charge in [0, 0.05) is 5.92 Å². The Labute approximate surface area is 160 Å². The minimum absolute atomic E-state index is 0.513. The Morgan fingerprint density at radius 3 is 2.23 bits per heavy atom. The van der Waals surface area contributed by atoms with Gasteiger partial charge in [-0.1, -0.05) is 19.3 Å². The molecule has 1 aromatic heterocycles. The van der Waals surface area contributed by atoms with Gasteiger partial charge in [-0.15, -0.1) is 11.3 Å². The predicted molar refractivity (Wildman–Crippen MR) is 104 cm³/mol. The average molecular weight is 374 g/mol. The summed E-state index contributed by atoms with van der Waals surface area (Å²) >= 11 is 1.48. The lowest BCUT2D eigenvalue weighted by atomic mass is 9.48. The Morgan fingerprint density at radius 1 is 1.04 bits per heavy atom. The van der Waals surface area contributed by atoms with Gasteiger partial charge in [-0.2, -0.15) is 0 Å². The lowest BCUT2D eigenvalue weighted by molar-refractivity contribution is -0.0571. The Hall–Kier alpha value is -0.900. The Bertz CT molecular complexity index is 653. The molecule has 1 heterocycles.